The van der Waals surface area contributed by atoms with E-state index >= 15 is 0 Å². The summed E-state index contributed by atoms with van der Waals surface area (Å²) >= 11 is 8.17. The highest BCUT2D eigenvalue weighted by molar-refractivity contribution is 8.00. The zero-order chi connectivity index (χ0) is 24.6. The zero-order valence-electron chi connectivity index (χ0n) is 18.9. The number of thiocarbonyl (C=S) groups is 1. The predicted molar refractivity (Wildman–Crippen MR) is 151 cm³/mol. The highest BCUT2D eigenvalue weighted by Crippen LogP contribution is 2.35. The van der Waals surface area contributed by atoms with Gasteiger partial charge in [-0.2, -0.15) is 5.26 Å². The SMILES string of the molecule is Cc1ccc(-c2csc(NC(=O)CSc3cccc(NC(=S)Nc4ccccc4)c3)c2C#N)cc1. The molecule has 0 unspecified atom stereocenters. The zero-order valence-corrected chi connectivity index (χ0v) is 21.3. The molecule has 1 amide bonds. The lowest BCUT2D eigenvalue weighted by molar-refractivity contribution is -0.113. The lowest BCUT2D eigenvalue weighted by Gasteiger charge is -2.11. The Morgan fingerprint density at radius 3 is 2.43 bits per heavy atom. The van der Waals surface area contributed by atoms with Gasteiger partial charge in [0.05, 0.1) is 11.3 Å². The van der Waals surface area contributed by atoms with Gasteiger partial charge in [0.25, 0.3) is 0 Å². The van der Waals surface area contributed by atoms with Crippen molar-refractivity contribution in [2.75, 3.05) is 21.7 Å². The van der Waals surface area contributed by atoms with Crippen LogP contribution in [-0.4, -0.2) is 16.8 Å². The largest absolute Gasteiger partial charge is 0.332 e. The first-order valence-electron chi connectivity index (χ1n) is 10.8. The van der Waals surface area contributed by atoms with Crippen LogP contribution >= 0.6 is 35.3 Å². The van der Waals surface area contributed by atoms with Crippen LogP contribution in [0.2, 0.25) is 0 Å². The van der Waals surface area contributed by atoms with Crippen LogP contribution in [0.5, 0.6) is 0 Å². The summed E-state index contributed by atoms with van der Waals surface area (Å²) in [6.07, 6.45) is 0. The van der Waals surface area contributed by atoms with Gasteiger partial charge in [-0.15, -0.1) is 23.1 Å². The van der Waals surface area contributed by atoms with Crippen molar-refractivity contribution in [3.8, 4) is 17.2 Å². The minimum absolute atomic E-state index is 0.163. The molecule has 4 aromatic rings. The number of para-hydroxylation sites is 1. The first kappa shape index (κ1) is 24.5. The van der Waals surface area contributed by atoms with Gasteiger partial charge in [0.1, 0.15) is 11.1 Å². The average molecular weight is 515 g/mol. The molecular weight excluding hydrogens is 493 g/mol. The van der Waals surface area contributed by atoms with Gasteiger partial charge in [0.15, 0.2) is 5.11 Å². The summed E-state index contributed by atoms with van der Waals surface area (Å²) in [5, 5.41) is 21.9. The molecule has 5 nitrogen and oxygen atoms in total. The predicted octanol–water partition coefficient (Wildman–Crippen LogP) is 7.13. The molecule has 0 radical (unpaired) electrons. The number of thiophene rings is 1. The van der Waals surface area contributed by atoms with Crippen LogP contribution in [0.1, 0.15) is 11.1 Å². The molecule has 0 saturated heterocycles. The smallest absolute Gasteiger partial charge is 0.235 e. The number of rotatable bonds is 7. The number of benzene rings is 3. The number of hydrogen-bond donors (Lipinski definition) is 3. The Hall–Kier alpha value is -3.64. The molecule has 3 N–H and O–H groups in total. The van der Waals surface area contributed by atoms with E-state index in [1.807, 2.05) is 91.2 Å². The number of amides is 1. The molecule has 0 spiro atoms. The molecule has 1 heterocycles. The molecule has 0 aliphatic carbocycles. The lowest BCUT2D eigenvalue weighted by Crippen LogP contribution is -2.19. The number of aryl methyl sites for hydroxylation is 1. The van der Waals surface area contributed by atoms with Crippen molar-refractivity contribution in [3.05, 3.63) is 95.4 Å². The Balaban J connectivity index is 1.34. The van der Waals surface area contributed by atoms with Crippen LogP contribution in [0.15, 0.2) is 89.1 Å². The summed E-state index contributed by atoms with van der Waals surface area (Å²) in [4.78, 5) is 13.6. The Bertz CT molecular complexity index is 1380. The molecule has 3 aromatic carbocycles. The van der Waals surface area contributed by atoms with Gasteiger partial charge in [-0.3, -0.25) is 4.79 Å². The van der Waals surface area contributed by atoms with E-state index < -0.39 is 0 Å². The number of nitriles is 1. The maximum atomic E-state index is 12.6. The fourth-order valence-corrected chi connectivity index (χ4v) is 5.22. The van der Waals surface area contributed by atoms with E-state index in [0.717, 1.165) is 33.0 Å². The fraction of sp³-hybridized carbons (Fsp3) is 0.0741. The molecule has 0 aliphatic heterocycles. The van der Waals surface area contributed by atoms with Crippen LogP contribution in [0, 0.1) is 18.3 Å². The average Bonchev–Trinajstić information content (AvgIpc) is 3.26. The third-order valence-electron chi connectivity index (χ3n) is 5.01. The van der Waals surface area contributed by atoms with E-state index in [1.165, 1.54) is 23.1 Å². The van der Waals surface area contributed by atoms with Crippen LogP contribution in [0.4, 0.5) is 16.4 Å². The summed E-state index contributed by atoms with van der Waals surface area (Å²) in [6.45, 7) is 2.02. The van der Waals surface area contributed by atoms with E-state index in [0.29, 0.717) is 15.7 Å². The number of anilines is 3. The van der Waals surface area contributed by atoms with Crippen molar-refractivity contribution in [1.29, 1.82) is 5.26 Å². The van der Waals surface area contributed by atoms with E-state index in [2.05, 4.69) is 22.0 Å². The molecule has 174 valence electrons. The van der Waals surface area contributed by atoms with Crippen LogP contribution in [-0.2, 0) is 4.79 Å². The Kier molecular flexibility index (Phi) is 8.16. The molecular formula is C27H22N4OS3. The second-order valence-corrected chi connectivity index (χ2v) is 9.98. The summed E-state index contributed by atoms with van der Waals surface area (Å²) < 4.78 is 0. The van der Waals surface area contributed by atoms with Crippen molar-refractivity contribution in [2.45, 2.75) is 11.8 Å². The van der Waals surface area contributed by atoms with Gasteiger partial charge in [0, 0.05) is 27.2 Å². The molecule has 0 aliphatic rings. The van der Waals surface area contributed by atoms with Gasteiger partial charge in [-0.05, 0) is 55.0 Å². The van der Waals surface area contributed by atoms with E-state index in [9.17, 15) is 10.1 Å². The standard InChI is InChI=1S/C27H22N4OS3/c1-18-10-12-19(13-11-18)24-16-35-26(23(24)15-28)31-25(32)17-34-22-9-5-8-21(14-22)30-27(33)29-20-6-3-2-4-7-20/h2-14,16H,17H2,1H3,(H,31,32)(H2,29,30,33). The molecule has 0 bridgehead atoms. The third-order valence-corrected chi connectivity index (χ3v) is 7.11. The summed E-state index contributed by atoms with van der Waals surface area (Å²) in [6, 6.07) is 27.6. The summed E-state index contributed by atoms with van der Waals surface area (Å²) in [5.41, 5.74) is 5.17. The van der Waals surface area contributed by atoms with Gasteiger partial charge in [-0.1, -0.05) is 54.1 Å². The van der Waals surface area contributed by atoms with Crippen LogP contribution in [0.3, 0.4) is 0 Å². The second-order valence-electron chi connectivity index (χ2n) is 7.64. The maximum absolute atomic E-state index is 12.6. The highest BCUT2D eigenvalue weighted by atomic mass is 32.2. The minimum Gasteiger partial charge on any atom is -0.332 e. The first-order valence-corrected chi connectivity index (χ1v) is 13.0. The summed E-state index contributed by atoms with van der Waals surface area (Å²) in [7, 11) is 0. The number of thioether (sulfide) groups is 1. The highest BCUT2D eigenvalue weighted by Gasteiger charge is 2.15. The van der Waals surface area contributed by atoms with Crippen LogP contribution in [0.25, 0.3) is 11.1 Å². The number of nitrogens with one attached hydrogen (secondary N) is 3. The van der Waals surface area contributed by atoms with Crippen molar-refractivity contribution >= 4 is 62.7 Å². The first-order chi connectivity index (χ1) is 17.0. The Morgan fingerprint density at radius 1 is 0.971 bits per heavy atom. The number of carbonyl (C=O) groups is 1. The maximum Gasteiger partial charge on any atom is 0.235 e. The Labute approximate surface area is 218 Å². The van der Waals surface area contributed by atoms with Gasteiger partial charge in [0.2, 0.25) is 5.91 Å². The number of hydrogen-bond acceptors (Lipinski definition) is 5. The van der Waals surface area contributed by atoms with Crippen molar-refractivity contribution in [2.24, 2.45) is 0 Å². The second kappa shape index (κ2) is 11.7. The Morgan fingerprint density at radius 2 is 1.69 bits per heavy atom. The molecule has 0 atom stereocenters. The van der Waals surface area contributed by atoms with Crippen LogP contribution < -0.4 is 16.0 Å². The molecule has 4 rings (SSSR count). The summed E-state index contributed by atoms with van der Waals surface area (Å²) in [5.74, 6) is 0.0575. The van der Waals surface area contributed by atoms with Crippen molar-refractivity contribution in [3.63, 3.8) is 0 Å². The minimum atomic E-state index is -0.163. The van der Waals surface area contributed by atoms with Gasteiger partial charge in [-0.25, -0.2) is 0 Å². The van der Waals surface area contributed by atoms with E-state index in [4.69, 9.17) is 12.2 Å². The normalized spacial score (nSPS) is 10.3. The van der Waals surface area contributed by atoms with Crippen molar-refractivity contribution < 1.29 is 4.79 Å². The van der Waals surface area contributed by atoms with Gasteiger partial charge >= 0.3 is 0 Å². The number of carbonyl (C=O) groups excluding carboxylic acids is 1. The van der Waals surface area contributed by atoms with Gasteiger partial charge < -0.3 is 16.0 Å². The molecule has 1 aromatic heterocycles. The van der Waals surface area contributed by atoms with Crippen molar-refractivity contribution in [1.82, 2.24) is 0 Å². The fourth-order valence-electron chi connectivity index (χ4n) is 3.30. The lowest BCUT2D eigenvalue weighted by atomic mass is 10.0. The monoisotopic (exact) mass is 514 g/mol. The van der Waals surface area contributed by atoms with E-state index in [1.54, 1.807) is 0 Å². The molecule has 0 saturated carbocycles. The molecule has 8 heteroatoms. The topological polar surface area (TPSA) is 77.0 Å². The third kappa shape index (κ3) is 6.70. The quantitative estimate of drug-likeness (QED) is 0.180. The molecule has 0 fully saturated rings. The molecule has 35 heavy (non-hydrogen) atoms. The number of nitrogens with zero attached hydrogens (tertiary/aromatic N) is 1. The van der Waals surface area contributed by atoms with E-state index in [-0.39, 0.29) is 11.7 Å².